The molecular weight excluding hydrogens is 1060 g/mol. The van der Waals surface area contributed by atoms with E-state index in [2.05, 4.69) is 30.3 Å². The second kappa shape index (κ2) is 21.7. The van der Waals surface area contributed by atoms with Gasteiger partial charge in [0.2, 0.25) is 0 Å². The maximum atomic E-state index is 11.5. The van der Waals surface area contributed by atoms with Gasteiger partial charge in [0.25, 0.3) is 17.1 Å². The monoisotopic (exact) mass is 1100 g/mol. The first-order valence-electron chi connectivity index (χ1n) is 23.4. The molecule has 1 aromatic heterocycles. The Balaban J connectivity index is 0.896. The highest BCUT2D eigenvalue weighted by Crippen LogP contribution is 2.38. The van der Waals surface area contributed by atoms with Gasteiger partial charge in [-0.15, -0.1) is 15.0 Å². The third kappa shape index (κ3) is 11.2. The number of hydrogen-bond acceptors (Lipinski definition) is 18. The van der Waals surface area contributed by atoms with Crippen LogP contribution in [-0.2, 0) is 0 Å². The summed E-state index contributed by atoms with van der Waals surface area (Å²) < 4.78 is 18.5. The van der Waals surface area contributed by atoms with Crippen LogP contribution in [0.5, 0.6) is 35.3 Å². The molecule has 3 aliphatic rings. The average Bonchev–Trinajstić information content (AvgIpc) is 4.24. The Bertz CT molecular complexity index is 3290. The van der Waals surface area contributed by atoms with E-state index in [1.165, 1.54) is 51.4 Å². The van der Waals surface area contributed by atoms with Gasteiger partial charge < -0.3 is 31.4 Å². The first-order chi connectivity index (χ1) is 37.5. The van der Waals surface area contributed by atoms with Crippen LogP contribution in [0.4, 0.5) is 17.1 Å². The molecule has 0 saturated heterocycles. The van der Waals surface area contributed by atoms with Crippen LogP contribution in [0.15, 0.2) is 161 Å². The summed E-state index contributed by atoms with van der Waals surface area (Å²) in [5, 5.41) is 53.0. The third-order valence-corrected chi connectivity index (χ3v) is 13.1. The molecule has 3 aliphatic heterocycles. The van der Waals surface area contributed by atoms with Crippen LogP contribution >= 0.6 is 36.7 Å². The number of thiocarbonyl (C=S) groups is 3. The molecule has 6 N–H and O–H groups in total. The number of nitro groups is 3. The molecule has 0 aliphatic carbocycles. The van der Waals surface area contributed by atoms with Crippen LogP contribution in [0.2, 0.25) is 0 Å². The van der Waals surface area contributed by atoms with Crippen LogP contribution in [0.1, 0.15) is 70.8 Å². The second-order valence-corrected chi connectivity index (χ2v) is 18.7. The van der Waals surface area contributed by atoms with E-state index in [9.17, 15) is 30.3 Å². The Kier molecular flexibility index (Phi) is 14.3. The van der Waals surface area contributed by atoms with Gasteiger partial charge in [-0.05, 0) is 143 Å². The van der Waals surface area contributed by atoms with Crippen molar-refractivity contribution >= 4 is 86.2 Å². The Morgan fingerprint density at radius 1 is 0.436 bits per heavy atom. The van der Waals surface area contributed by atoms with Gasteiger partial charge in [0.1, 0.15) is 17.2 Å². The van der Waals surface area contributed by atoms with Gasteiger partial charge in [-0.2, -0.15) is 15.3 Å². The molecule has 3 atom stereocenters. The SMILES string of the molecule is NC(=S)N1N=C(c2ccc(Oc3nc(Oc4ccc(C5=NN(C(N)=S)C(c6cccc([N+](=O)[O-])c6)C5)cc4)nc(Oc4ccc(C5=NN(C(N)=S)C(c6cccc([N+](=O)[O-])c6)C5)cc4)n3)cc2)CC1c1cccc([N+](=O)[O-])c1. The van der Waals surface area contributed by atoms with Crippen molar-refractivity contribution in [1.82, 2.24) is 30.0 Å². The van der Waals surface area contributed by atoms with Crippen molar-refractivity contribution in [1.29, 1.82) is 0 Å². The number of hydrazone groups is 3. The molecule has 0 radical (unpaired) electrons. The number of nitrogens with two attached hydrogens (primary N) is 3. The second-order valence-electron chi connectivity index (χ2n) is 17.5. The highest BCUT2D eigenvalue weighted by molar-refractivity contribution is 7.80. The van der Waals surface area contributed by atoms with Gasteiger partial charge in [-0.3, -0.25) is 30.3 Å². The van der Waals surface area contributed by atoms with E-state index in [-0.39, 0.29) is 50.4 Å². The molecule has 78 heavy (non-hydrogen) atoms. The van der Waals surface area contributed by atoms with Crippen molar-refractivity contribution in [2.45, 2.75) is 37.4 Å². The standard InChI is InChI=1S/C51H39N15O9S3/c52-46(76)61-43(31-4-1-7-34(22-31)64(67)68)25-40(58-61)28-10-16-37(17-11-28)73-49-55-50(74-38-18-12-29(13-19-38)41-26-44(62(59-41)47(53)77)32-5-2-8-35(23-32)65(69)70)57-51(56-49)75-39-20-14-30(15-21-39)42-27-45(63(60-42)48(54)78)33-6-3-9-36(24-33)66(71)72/h1-24,43-45H,25-27H2,(H2,52,76)(H2,53,77)(H2,54,78). The summed E-state index contributed by atoms with van der Waals surface area (Å²) in [6.45, 7) is 0. The Labute approximate surface area is 457 Å². The van der Waals surface area contributed by atoms with Crippen molar-refractivity contribution in [2.24, 2.45) is 32.5 Å². The molecule has 0 amide bonds. The van der Waals surface area contributed by atoms with Gasteiger partial charge in [0.05, 0.1) is 50.0 Å². The molecule has 6 aromatic carbocycles. The van der Waals surface area contributed by atoms with E-state index in [4.69, 9.17) is 68.1 Å². The van der Waals surface area contributed by atoms with Crippen molar-refractivity contribution in [3.05, 3.63) is 209 Å². The molecule has 24 nitrogen and oxygen atoms in total. The zero-order chi connectivity index (χ0) is 54.8. The van der Waals surface area contributed by atoms with Crippen molar-refractivity contribution < 1.29 is 29.0 Å². The van der Waals surface area contributed by atoms with Crippen LogP contribution < -0.4 is 31.4 Å². The quantitative estimate of drug-likeness (QED) is 0.0489. The summed E-state index contributed by atoms with van der Waals surface area (Å²) in [7, 11) is 0. The summed E-state index contributed by atoms with van der Waals surface area (Å²) >= 11 is 15.9. The van der Waals surface area contributed by atoms with Crippen molar-refractivity contribution in [2.75, 3.05) is 0 Å². The predicted molar refractivity (Wildman–Crippen MR) is 296 cm³/mol. The highest BCUT2D eigenvalue weighted by Gasteiger charge is 2.34. The number of nitrogens with zero attached hydrogens (tertiary/aromatic N) is 12. The molecule has 27 heteroatoms. The summed E-state index contributed by atoms with van der Waals surface area (Å²) in [4.78, 5) is 46.6. The van der Waals surface area contributed by atoms with E-state index in [1.807, 2.05) is 0 Å². The van der Waals surface area contributed by atoms with Crippen LogP contribution in [0.3, 0.4) is 0 Å². The minimum absolute atomic E-state index is 0.000758. The molecule has 7 aromatic rings. The number of nitro benzene ring substituents is 3. The molecule has 3 unspecified atom stereocenters. The summed E-state index contributed by atoms with van der Waals surface area (Å²) in [5.41, 5.74) is 23.8. The molecule has 0 fully saturated rings. The molecule has 4 heterocycles. The molecule has 10 rings (SSSR count). The van der Waals surface area contributed by atoms with Crippen LogP contribution in [-0.4, -0.2) is 77.2 Å². The van der Waals surface area contributed by atoms with E-state index in [1.54, 1.807) is 109 Å². The first kappa shape index (κ1) is 51.5. The summed E-state index contributed by atoms with van der Waals surface area (Å²) in [6, 6.07) is 37.3. The van der Waals surface area contributed by atoms with Crippen molar-refractivity contribution in [3.63, 3.8) is 0 Å². The molecule has 0 spiro atoms. The normalized spacial score (nSPS) is 16.7. The minimum atomic E-state index is -0.475. The maximum Gasteiger partial charge on any atom is 0.331 e. The average molecular weight is 1100 g/mol. The van der Waals surface area contributed by atoms with Crippen molar-refractivity contribution in [3.8, 4) is 35.3 Å². The van der Waals surface area contributed by atoms with Gasteiger partial charge >= 0.3 is 18.0 Å². The predicted octanol–water partition coefficient (Wildman–Crippen LogP) is 9.16. The number of ether oxygens (including phenoxy) is 3. The van der Waals surface area contributed by atoms with E-state index in [0.717, 1.165) is 0 Å². The lowest BCUT2D eigenvalue weighted by Gasteiger charge is -2.21. The molecule has 0 saturated carbocycles. The van der Waals surface area contributed by atoms with Crippen LogP contribution in [0, 0.1) is 30.3 Å². The van der Waals surface area contributed by atoms with Gasteiger partial charge in [-0.25, -0.2) is 15.0 Å². The number of aromatic nitrogens is 3. The number of non-ortho nitro benzene ring substituents is 3. The largest absolute Gasteiger partial charge is 0.424 e. The fourth-order valence-electron chi connectivity index (χ4n) is 8.90. The topological polar surface area (TPSA) is 321 Å². The Morgan fingerprint density at radius 3 is 0.923 bits per heavy atom. The van der Waals surface area contributed by atoms with E-state index < -0.39 is 32.9 Å². The Morgan fingerprint density at radius 2 is 0.692 bits per heavy atom. The number of rotatable bonds is 15. The molecule has 0 bridgehead atoms. The number of benzene rings is 6. The van der Waals surface area contributed by atoms with Crippen LogP contribution in [0.25, 0.3) is 0 Å². The lowest BCUT2D eigenvalue weighted by molar-refractivity contribution is -0.385. The summed E-state index contributed by atoms with van der Waals surface area (Å²) in [6.07, 6.45) is 1.04. The highest BCUT2D eigenvalue weighted by atomic mass is 32.1. The molecular formula is C51H39N15O9S3. The first-order valence-corrected chi connectivity index (χ1v) is 24.6. The van der Waals surface area contributed by atoms with Gasteiger partial charge in [0, 0.05) is 55.7 Å². The summed E-state index contributed by atoms with van der Waals surface area (Å²) in [5.74, 6) is 0.942. The third-order valence-electron chi connectivity index (χ3n) is 12.6. The van der Waals surface area contributed by atoms with E-state index in [0.29, 0.717) is 87.0 Å². The zero-order valence-electron chi connectivity index (χ0n) is 40.2. The smallest absolute Gasteiger partial charge is 0.331 e. The fraction of sp³-hybridized carbons (Fsp3) is 0.118. The van der Waals surface area contributed by atoms with Gasteiger partial charge in [0.15, 0.2) is 15.3 Å². The fourth-order valence-corrected chi connectivity index (χ4v) is 9.40. The van der Waals surface area contributed by atoms with Gasteiger partial charge in [-0.1, -0.05) is 36.4 Å². The lowest BCUT2D eigenvalue weighted by Crippen LogP contribution is -2.31. The van der Waals surface area contributed by atoms with E-state index >= 15 is 0 Å². The lowest BCUT2D eigenvalue weighted by atomic mass is 9.98. The number of hydrogen-bond donors (Lipinski definition) is 3. The Hall–Kier alpha value is -9.99. The maximum absolute atomic E-state index is 11.5. The molecule has 390 valence electrons. The zero-order valence-corrected chi connectivity index (χ0v) is 42.7. The minimum Gasteiger partial charge on any atom is -0.424 e.